The number of nitro benzene ring substituents is 1. The van der Waals surface area contributed by atoms with Gasteiger partial charge >= 0.3 is 11.9 Å². The number of hydrogen-bond donors (Lipinski definition) is 1. The van der Waals surface area contributed by atoms with Gasteiger partial charge in [-0.3, -0.25) is 10.1 Å². The van der Waals surface area contributed by atoms with Gasteiger partial charge in [-0.25, -0.2) is 9.59 Å². The van der Waals surface area contributed by atoms with Crippen LogP contribution < -0.4 is 10.2 Å². The number of dihydropyridines is 1. The SMILES string of the molecule is CN(C)CCCN1c2ccccc2CCc2ccc(Cl)cc21.COC(=O)C1=C(C)NC(C)=C(C(=O)OC)C1c1ccccc1[N+](=O)[O-].Cl. The van der Waals surface area contributed by atoms with Crippen LogP contribution >= 0.6 is 24.0 Å². The van der Waals surface area contributed by atoms with Gasteiger partial charge in [0.2, 0.25) is 0 Å². The number of aryl methyl sites for hydroxylation is 2. The normalized spacial score (nSPS) is 14.0. The fourth-order valence-electron chi connectivity index (χ4n) is 6.13. The second-order valence-electron chi connectivity index (χ2n) is 11.6. The third-order valence-corrected chi connectivity index (χ3v) is 8.52. The molecular formula is C36H42Cl2N4O6. The molecule has 3 aromatic rings. The van der Waals surface area contributed by atoms with Gasteiger partial charge in [0.1, 0.15) is 0 Å². The van der Waals surface area contributed by atoms with Crippen LogP contribution in [0.1, 0.15) is 42.9 Å². The maximum Gasteiger partial charge on any atom is 0.336 e. The van der Waals surface area contributed by atoms with Crippen molar-refractivity contribution in [2.45, 2.75) is 39.0 Å². The van der Waals surface area contributed by atoms with E-state index in [-0.39, 0.29) is 34.8 Å². The molecule has 2 aliphatic heterocycles. The minimum Gasteiger partial charge on any atom is -0.466 e. The quantitative estimate of drug-likeness (QED) is 0.149. The number of halogens is 2. The van der Waals surface area contributed by atoms with E-state index in [2.05, 4.69) is 65.6 Å². The lowest BCUT2D eigenvalue weighted by molar-refractivity contribution is -0.385. The Hall–Kier alpha value is -4.38. The first-order chi connectivity index (χ1) is 22.5. The number of nitrogens with one attached hydrogen (secondary N) is 1. The maximum atomic E-state index is 12.3. The van der Waals surface area contributed by atoms with E-state index in [0.717, 1.165) is 37.4 Å². The fraction of sp³-hybridized carbons (Fsp3) is 0.333. The molecule has 0 radical (unpaired) electrons. The molecule has 0 aliphatic carbocycles. The van der Waals surface area contributed by atoms with E-state index in [9.17, 15) is 19.7 Å². The largest absolute Gasteiger partial charge is 0.466 e. The summed E-state index contributed by atoms with van der Waals surface area (Å²) in [6.45, 7) is 5.40. The molecule has 48 heavy (non-hydrogen) atoms. The van der Waals surface area contributed by atoms with Crippen LogP contribution in [-0.2, 0) is 31.9 Å². The molecule has 1 N–H and O–H groups in total. The van der Waals surface area contributed by atoms with Gasteiger partial charge in [-0.1, -0.05) is 54.1 Å². The molecule has 0 unspecified atom stereocenters. The van der Waals surface area contributed by atoms with Gasteiger partial charge in [-0.05, 0) is 83.1 Å². The van der Waals surface area contributed by atoms with E-state index in [4.69, 9.17) is 21.1 Å². The summed E-state index contributed by atoms with van der Waals surface area (Å²) in [4.78, 5) is 40.3. The van der Waals surface area contributed by atoms with E-state index >= 15 is 0 Å². The monoisotopic (exact) mass is 696 g/mol. The van der Waals surface area contributed by atoms with Crippen molar-refractivity contribution >= 4 is 53.0 Å². The third kappa shape index (κ3) is 8.55. The number of carbonyl (C=O) groups is 2. The predicted molar refractivity (Wildman–Crippen MR) is 191 cm³/mol. The number of nitrogens with zero attached hydrogens (tertiary/aromatic N) is 3. The van der Waals surface area contributed by atoms with Crippen LogP contribution in [0.5, 0.6) is 0 Å². The lowest BCUT2D eigenvalue weighted by Crippen LogP contribution is -2.32. The Morgan fingerprint density at radius 1 is 0.917 bits per heavy atom. The van der Waals surface area contributed by atoms with Gasteiger partial charge in [0.05, 0.1) is 36.2 Å². The highest BCUT2D eigenvalue weighted by atomic mass is 35.5. The van der Waals surface area contributed by atoms with Gasteiger partial charge in [0.15, 0.2) is 0 Å². The van der Waals surface area contributed by atoms with Crippen LogP contribution in [0.15, 0.2) is 89.3 Å². The van der Waals surface area contributed by atoms with Gasteiger partial charge in [0.25, 0.3) is 5.69 Å². The number of anilines is 2. The molecule has 3 aromatic carbocycles. The first-order valence-corrected chi connectivity index (χ1v) is 15.7. The molecule has 0 saturated heterocycles. The molecule has 0 fully saturated rings. The lowest BCUT2D eigenvalue weighted by Gasteiger charge is -2.29. The van der Waals surface area contributed by atoms with Crippen LogP contribution in [0.2, 0.25) is 5.02 Å². The first kappa shape index (κ1) is 38.1. The zero-order valence-corrected chi connectivity index (χ0v) is 29.6. The zero-order chi connectivity index (χ0) is 34.2. The van der Waals surface area contributed by atoms with Crippen molar-refractivity contribution in [2.75, 3.05) is 46.3 Å². The summed E-state index contributed by atoms with van der Waals surface area (Å²) in [5.41, 5.74) is 6.63. The van der Waals surface area contributed by atoms with Crippen LogP contribution in [0, 0.1) is 10.1 Å². The number of rotatable bonds is 8. The van der Waals surface area contributed by atoms with Crippen molar-refractivity contribution in [3.05, 3.63) is 121 Å². The number of allylic oxidation sites excluding steroid dienone is 2. The standard InChI is InChI=1S/C19H23ClN2.C17H18N2O6.ClH/c1-21(2)12-5-13-22-18-7-4-3-6-15(18)8-9-16-10-11-17(20)14-19(16)22;1-9-13(16(20)24-3)15(14(10(2)18-9)17(21)25-4)11-7-5-6-8-12(11)19(22)23;/h3-4,6-7,10-11,14H,5,8-9,12-13H2,1-2H3;5-8,15,18H,1-4H3;1H. The Balaban J connectivity index is 0.000000257. The van der Waals surface area contributed by atoms with Crippen molar-refractivity contribution in [2.24, 2.45) is 0 Å². The predicted octanol–water partition coefficient (Wildman–Crippen LogP) is 7.13. The van der Waals surface area contributed by atoms with E-state index in [1.54, 1.807) is 19.9 Å². The molecular weight excluding hydrogens is 655 g/mol. The Bertz CT molecular complexity index is 1680. The number of ether oxygens (including phenoxy) is 2. The molecule has 0 aromatic heterocycles. The third-order valence-electron chi connectivity index (χ3n) is 8.29. The topological polar surface area (TPSA) is 114 Å². The minimum atomic E-state index is -0.970. The van der Waals surface area contributed by atoms with Crippen LogP contribution in [0.25, 0.3) is 0 Å². The van der Waals surface area contributed by atoms with E-state index < -0.39 is 22.8 Å². The molecule has 12 heteroatoms. The van der Waals surface area contributed by atoms with Crippen molar-refractivity contribution in [3.8, 4) is 0 Å². The maximum absolute atomic E-state index is 12.3. The Morgan fingerprint density at radius 3 is 2.06 bits per heavy atom. The molecule has 0 amide bonds. The van der Waals surface area contributed by atoms with Crippen LogP contribution in [0.3, 0.4) is 0 Å². The van der Waals surface area contributed by atoms with Gasteiger partial charge < -0.3 is 24.6 Å². The fourth-order valence-corrected chi connectivity index (χ4v) is 6.30. The summed E-state index contributed by atoms with van der Waals surface area (Å²) >= 11 is 6.27. The summed E-state index contributed by atoms with van der Waals surface area (Å²) in [5.74, 6) is -2.33. The molecule has 0 bridgehead atoms. The van der Waals surface area contributed by atoms with Gasteiger partial charge in [0, 0.05) is 46.0 Å². The van der Waals surface area contributed by atoms with E-state index in [0.29, 0.717) is 11.4 Å². The Kier molecular flexibility index (Phi) is 13.6. The average molecular weight is 698 g/mol. The van der Waals surface area contributed by atoms with Crippen LogP contribution in [-0.4, -0.2) is 63.2 Å². The number of para-hydroxylation sites is 2. The van der Waals surface area contributed by atoms with Crippen molar-refractivity contribution in [1.29, 1.82) is 0 Å². The molecule has 2 heterocycles. The summed E-state index contributed by atoms with van der Waals surface area (Å²) in [6.07, 6.45) is 3.30. The first-order valence-electron chi connectivity index (χ1n) is 15.4. The second-order valence-corrected chi connectivity index (χ2v) is 12.1. The van der Waals surface area contributed by atoms with Crippen molar-refractivity contribution in [3.63, 3.8) is 0 Å². The van der Waals surface area contributed by atoms with E-state index in [1.165, 1.54) is 54.9 Å². The number of esters is 2. The van der Waals surface area contributed by atoms with Crippen molar-refractivity contribution < 1.29 is 24.0 Å². The van der Waals surface area contributed by atoms with Gasteiger partial charge in [-0.15, -0.1) is 12.4 Å². The van der Waals surface area contributed by atoms with Crippen molar-refractivity contribution in [1.82, 2.24) is 10.2 Å². The number of benzene rings is 3. The molecule has 10 nitrogen and oxygen atoms in total. The highest BCUT2D eigenvalue weighted by molar-refractivity contribution is 6.30. The Morgan fingerprint density at radius 2 is 1.48 bits per heavy atom. The minimum absolute atomic E-state index is 0. The van der Waals surface area contributed by atoms with Gasteiger partial charge in [-0.2, -0.15) is 0 Å². The summed E-state index contributed by atoms with van der Waals surface area (Å²) in [5, 5.41) is 15.2. The van der Waals surface area contributed by atoms with Crippen LogP contribution in [0.4, 0.5) is 17.1 Å². The lowest BCUT2D eigenvalue weighted by atomic mass is 9.79. The summed E-state index contributed by atoms with van der Waals surface area (Å²) < 4.78 is 9.66. The number of hydrogen-bond acceptors (Lipinski definition) is 9. The zero-order valence-electron chi connectivity index (χ0n) is 28.0. The smallest absolute Gasteiger partial charge is 0.336 e. The number of nitro groups is 1. The Labute approximate surface area is 292 Å². The molecule has 0 saturated carbocycles. The summed E-state index contributed by atoms with van der Waals surface area (Å²) in [7, 11) is 6.67. The molecule has 5 rings (SSSR count). The molecule has 0 atom stereocenters. The molecule has 2 aliphatic rings. The number of methoxy groups -OCH3 is 2. The average Bonchev–Trinajstić information content (AvgIpc) is 3.20. The summed E-state index contributed by atoms with van der Waals surface area (Å²) in [6, 6.07) is 21.0. The molecule has 0 spiro atoms. The molecule has 256 valence electrons. The second kappa shape index (κ2) is 17.1. The highest BCUT2D eigenvalue weighted by Gasteiger charge is 2.40. The number of fused-ring (bicyclic) bond motifs is 2. The highest BCUT2D eigenvalue weighted by Crippen LogP contribution is 2.42. The van der Waals surface area contributed by atoms with E-state index in [1.807, 2.05) is 6.07 Å². The number of carbonyl (C=O) groups excluding carboxylic acids is 2.